The molecule has 31 heavy (non-hydrogen) atoms. The van der Waals surface area contributed by atoms with Crippen LogP contribution in [-0.2, 0) is 21.4 Å². The SMILES string of the molecule is N#Cc1cccc(NC(=O)CN(Cc2ccccc2)S(=O)(=O)c2ccc(Cl)c(Cl)c2)c1. The van der Waals surface area contributed by atoms with E-state index in [1.165, 1.54) is 24.3 Å². The van der Waals surface area contributed by atoms with Gasteiger partial charge in [-0.25, -0.2) is 8.42 Å². The molecule has 0 bridgehead atoms. The smallest absolute Gasteiger partial charge is 0.243 e. The van der Waals surface area contributed by atoms with E-state index >= 15 is 0 Å². The molecule has 3 aromatic carbocycles. The highest BCUT2D eigenvalue weighted by Gasteiger charge is 2.27. The summed E-state index contributed by atoms with van der Waals surface area (Å²) in [5.74, 6) is -0.547. The normalized spacial score (nSPS) is 11.2. The number of nitriles is 1. The molecule has 3 rings (SSSR count). The summed E-state index contributed by atoms with van der Waals surface area (Å²) >= 11 is 11.9. The van der Waals surface area contributed by atoms with E-state index in [1.807, 2.05) is 12.1 Å². The van der Waals surface area contributed by atoms with Crippen molar-refractivity contribution in [3.63, 3.8) is 0 Å². The van der Waals surface area contributed by atoms with Crippen LogP contribution in [0.1, 0.15) is 11.1 Å². The van der Waals surface area contributed by atoms with Gasteiger partial charge in [-0.05, 0) is 42.0 Å². The summed E-state index contributed by atoms with van der Waals surface area (Å²) in [5.41, 5.74) is 1.49. The Kier molecular flexibility index (Phi) is 7.31. The number of halogens is 2. The van der Waals surface area contributed by atoms with Gasteiger partial charge in [0.25, 0.3) is 0 Å². The Labute approximate surface area is 190 Å². The number of hydrogen-bond acceptors (Lipinski definition) is 4. The standard InChI is InChI=1S/C22H17Cl2N3O3S/c23-20-10-9-19(12-21(20)24)31(29,30)27(14-16-5-2-1-3-6-16)15-22(28)26-18-8-4-7-17(11-18)13-25/h1-12H,14-15H2,(H,26,28). The van der Waals surface area contributed by atoms with Crippen LogP contribution in [-0.4, -0.2) is 25.2 Å². The zero-order chi connectivity index (χ0) is 22.4. The van der Waals surface area contributed by atoms with Crippen LogP contribution in [0.4, 0.5) is 5.69 Å². The fourth-order valence-corrected chi connectivity index (χ4v) is 4.60. The summed E-state index contributed by atoms with van der Waals surface area (Å²) in [6.07, 6.45) is 0. The van der Waals surface area contributed by atoms with E-state index < -0.39 is 22.5 Å². The Hall–Kier alpha value is -2.89. The average Bonchev–Trinajstić information content (AvgIpc) is 2.76. The molecule has 0 saturated heterocycles. The zero-order valence-electron chi connectivity index (χ0n) is 16.1. The van der Waals surface area contributed by atoms with Gasteiger partial charge in [0.1, 0.15) is 0 Å². The third kappa shape index (κ3) is 5.84. The zero-order valence-corrected chi connectivity index (χ0v) is 18.5. The largest absolute Gasteiger partial charge is 0.325 e. The van der Waals surface area contributed by atoms with Gasteiger partial charge in [-0.3, -0.25) is 4.79 Å². The summed E-state index contributed by atoms with van der Waals surface area (Å²) in [6.45, 7) is -0.455. The minimum absolute atomic E-state index is 0.0188. The molecular weight excluding hydrogens is 457 g/mol. The van der Waals surface area contributed by atoms with Crippen molar-refractivity contribution < 1.29 is 13.2 Å². The molecular formula is C22H17Cl2N3O3S. The molecule has 1 amide bonds. The number of hydrogen-bond donors (Lipinski definition) is 1. The monoisotopic (exact) mass is 473 g/mol. The lowest BCUT2D eigenvalue weighted by Crippen LogP contribution is -2.37. The van der Waals surface area contributed by atoms with Crippen LogP contribution in [0.15, 0.2) is 77.7 Å². The van der Waals surface area contributed by atoms with Crippen molar-refractivity contribution in [2.45, 2.75) is 11.4 Å². The number of amides is 1. The van der Waals surface area contributed by atoms with Crippen molar-refractivity contribution in [2.75, 3.05) is 11.9 Å². The third-order valence-electron chi connectivity index (χ3n) is 4.33. The first-order valence-electron chi connectivity index (χ1n) is 9.09. The molecule has 158 valence electrons. The van der Waals surface area contributed by atoms with Crippen LogP contribution < -0.4 is 5.32 Å². The van der Waals surface area contributed by atoms with Crippen LogP contribution in [0.25, 0.3) is 0 Å². The molecule has 6 nitrogen and oxygen atoms in total. The number of carbonyl (C=O) groups excluding carboxylic acids is 1. The molecule has 1 N–H and O–H groups in total. The molecule has 9 heteroatoms. The van der Waals surface area contributed by atoms with Gasteiger partial charge in [0.15, 0.2) is 0 Å². The first-order valence-corrected chi connectivity index (χ1v) is 11.3. The lowest BCUT2D eigenvalue weighted by Gasteiger charge is -2.22. The molecule has 0 aliphatic carbocycles. The number of nitrogens with one attached hydrogen (secondary N) is 1. The lowest BCUT2D eigenvalue weighted by atomic mass is 10.2. The highest BCUT2D eigenvalue weighted by molar-refractivity contribution is 7.89. The third-order valence-corrected chi connectivity index (χ3v) is 6.85. The van der Waals surface area contributed by atoms with E-state index in [1.54, 1.807) is 42.5 Å². The second-order valence-electron chi connectivity index (χ2n) is 6.58. The Bertz CT molecular complexity index is 1240. The van der Waals surface area contributed by atoms with Crippen molar-refractivity contribution >= 4 is 44.8 Å². The van der Waals surface area contributed by atoms with Crippen LogP contribution in [0.3, 0.4) is 0 Å². The minimum Gasteiger partial charge on any atom is -0.325 e. The molecule has 0 saturated carbocycles. The van der Waals surface area contributed by atoms with E-state index in [2.05, 4.69) is 5.32 Å². The number of anilines is 1. The number of rotatable bonds is 7. The van der Waals surface area contributed by atoms with Crippen LogP contribution in [0.2, 0.25) is 10.0 Å². The van der Waals surface area contributed by atoms with E-state index in [4.69, 9.17) is 28.5 Å². The summed E-state index contributed by atoms with van der Waals surface area (Å²) in [6, 6.07) is 21.3. The van der Waals surface area contributed by atoms with Gasteiger partial charge in [-0.1, -0.05) is 59.6 Å². The van der Waals surface area contributed by atoms with Gasteiger partial charge in [-0.2, -0.15) is 9.57 Å². The predicted molar refractivity (Wildman–Crippen MR) is 120 cm³/mol. The molecule has 0 radical (unpaired) electrons. The number of benzene rings is 3. The van der Waals surface area contributed by atoms with E-state index in [0.29, 0.717) is 16.8 Å². The molecule has 0 spiro atoms. The topological polar surface area (TPSA) is 90.3 Å². The maximum Gasteiger partial charge on any atom is 0.243 e. The molecule has 3 aromatic rings. The molecule has 0 aromatic heterocycles. The van der Waals surface area contributed by atoms with Crippen molar-refractivity contribution in [3.8, 4) is 6.07 Å². The molecule has 0 heterocycles. The number of nitrogens with zero attached hydrogens (tertiary/aromatic N) is 2. The molecule has 0 unspecified atom stereocenters. The fraction of sp³-hybridized carbons (Fsp3) is 0.0909. The van der Waals surface area contributed by atoms with Crippen molar-refractivity contribution in [2.24, 2.45) is 0 Å². The van der Waals surface area contributed by atoms with Crippen LogP contribution >= 0.6 is 23.2 Å². The average molecular weight is 474 g/mol. The van der Waals surface area contributed by atoms with Gasteiger partial charge in [0.2, 0.25) is 15.9 Å². The molecule has 0 aliphatic rings. The Morgan fingerprint density at radius 1 is 0.968 bits per heavy atom. The van der Waals surface area contributed by atoms with E-state index in [9.17, 15) is 13.2 Å². The molecule has 0 fully saturated rings. The highest BCUT2D eigenvalue weighted by atomic mass is 35.5. The van der Waals surface area contributed by atoms with Gasteiger partial charge in [0.05, 0.1) is 33.1 Å². The summed E-state index contributed by atoms with van der Waals surface area (Å²) in [5, 5.41) is 12.0. The number of carbonyl (C=O) groups is 1. The van der Waals surface area contributed by atoms with Crippen molar-refractivity contribution in [3.05, 3.63) is 94.0 Å². The Morgan fingerprint density at radius 3 is 2.39 bits per heavy atom. The maximum absolute atomic E-state index is 13.3. The van der Waals surface area contributed by atoms with Crippen molar-refractivity contribution in [1.82, 2.24) is 4.31 Å². The lowest BCUT2D eigenvalue weighted by molar-refractivity contribution is -0.116. The maximum atomic E-state index is 13.3. The van der Waals surface area contributed by atoms with Gasteiger partial charge >= 0.3 is 0 Å². The first-order chi connectivity index (χ1) is 14.8. The molecule has 0 aliphatic heterocycles. The quantitative estimate of drug-likeness (QED) is 0.538. The summed E-state index contributed by atoms with van der Waals surface area (Å²) in [4.78, 5) is 12.6. The minimum atomic E-state index is -4.06. The van der Waals surface area contributed by atoms with E-state index in [0.717, 1.165) is 4.31 Å². The number of sulfonamides is 1. The Balaban J connectivity index is 1.89. The van der Waals surface area contributed by atoms with Crippen molar-refractivity contribution in [1.29, 1.82) is 5.26 Å². The van der Waals surface area contributed by atoms with Gasteiger partial charge < -0.3 is 5.32 Å². The summed E-state index contributed by atoms with van der Waals surface area (Å²) < 4.78 is 27.6. The van der Waals surface area contributed by atoms with Crippen LogP contribution in [0.5, 0.6) is 0 Å². The summed E-state index contributed by atoms with van der Waals surface area (Å²) in [7, 11) is -4.06. The van der Waals surface area contributed by atoms with Gasteiger partial charge in [0, 0.05) is 12.2 Å². The second-order valence-corrected chi connectivity index (χ2v) is 9.33. The second kappa shape index (κ2) is 9.94. The van der Waals surface area contributed by atoms with E-state index in [-0.39, 0.29) is 21.5 Å². The molecule has 0 atom stereocenters. The van der Waals surface area contributed by atoms with Crippen LogP contribution in [0, 0.1) is 11.3 Å². The Morgan fingerprint density at radius 2 is 1.71 bits per heavy atom. The van der Waals surface area contributed by atoms with Gasteiger partial charge in [-0.15, -0.1) is 0 Å². The fourth-order valence-electron chi connectivity index (χ4n) is 2.83. The predicted octanol–water partition coefficient (Wildman–Crippen LogP) is 4.69. The first kappa shape index (κ1) is 22.8. The highest BCUT2D eigenvalue weighted by Crippen LogP contribution is 2.27.